The molecular weight excluding hydrogens is 361 g/mol. The number of amides is 1. The number of hydrogen-bond donors (Lipinski definition) is 2. The van der Waals surface area contributed by atoms with Crippen LogP contribution in [0.15, 0.2) is 24.3 Å². The molecule has 7 heteroatoms. The molecule has 2 aliphatic rings. The Kier molecular flexibility index (Phi) is 7.97. The molecule has 0 saturated carbocycles. The van der Waals surface area contributed by atoms with Crippen molar-refractivity contribution in [2.45, 2.75) is 24.8 Å². The third-order valence-corrected chi connectivity index (χ3v) is 5.27. The molecule has 2 N–H and O–H groups in total. The zero-order valence-corrected chi connectivity index (χ0v) is 16.0. The van der Waals surface area contributed by atoms with Gasteiger partial charge in [0, 0.05) is 62.9 Å². The van der Waals surface area contributed by atoms with Crippen molar-refractivity contribution >= 4 is 29.9 Å². The van der Waals surface area contributed by atoms with E-state index in [1.54, 1.807) is 0 Å². The molecule has 0 atom stereocenters. The third kappa shape index (κ3) is 5.31. The molecule has 0 bridgehead atoms. The van der Waals surface area contributed by atoms with Crippen LogP contribution in [-0.4, -0.2) is 56.7 Å². The third-order valence-electron chi connectivity index (χ3n) is 5.02. The number of ether oxygens (including phenoxy) is 1. The number of benzene rings is 1. The summed E-state index contributed by atoms with van der Waals surface area (Å²) >= 11 is 6.03. The lowest BCUT2D eigenvalue weighted by Gasteiger charge is -2.39. The van der Waals surface area contributed by atoms with Crippen molar-refractivity contribution in [3.63, 3.8) is 0 Å². The Morgan fingerprint density at radius 2 is 1.84 bits per heavy atom. The number of nitrogens with one attached hydrogen (secondary N) is 2. The van der Waals surface area contributed by atoms with Gasteiger partial charge in [-0.2, -0.15) is 0 Å². The molecule has 2 aliphatic heterocycles. The smallest absolute Gasteiger partial charge is 0.223 e. The predicted molar refractivity (Wildman–Crippen MR) is 103 cm³/mol. The first-order valence-electron chi connectivity index (χ1n) is 8.77. The molecule has 2 heterocycles. The molecule has 140 valence electrons. The minimum atomic E-state index is -0.118. The molecule has 0 aliphatic carbocycles. The highest BCUT2D eigenvalue weighted by molar-refractivity contribution is 6.30. The van der Waals surface area contributed by atoms with E-state index in [4.69, 9.17) is 16.3 Å². The molecule has 0 unspecified atom stereocenters. The van der Waals surface area contributed by atoms with Gasteiger partial charge in [-0.3, -0.25) is 4.79 Å². The van der Waals surface area contributed by atoms with Gasteiger partial charge in [0.05, 0.1) is 0 Å². The quantitative estimate of drug-likeness (QED) is 0.812. The van der Waals surface area contributed by atoms with Gasteiger partial charge in [0.1, 0.15) is 0 Å². The summed E-state index contributed by atoms with van der Waals surface area (Å²) in [7, 11) is 0. The van der Waals surface area contributed by atoms with Crippen LogP contribution in [0.4, 0.5) is 0 Å². The van der Waals surface area contributed by atoms with Gasteiger partial charge in [-0.05, 0) is 30.5 Å². The van der Waals surface area contributed by atoms with Crippen LogP contribution in [0.25, 0.3) is 0 Å². The van der Waals surface area contributed by atoms with Gasteiger partial charge in [0.25, 0.3) is 0 Å². The maximum atomic E-state index is 12.3. The lowest BCUT2D eigenvalue weighted by Crippen LogP contribution is -2.49. The van der Waals surface area contributed by atoms with E-state index in [2.05, 4.69) is 22.8 Å². The van der Waals surface area contributed by atoms with E-state index < -0.39 is 0 Å². The second-order valence-corrected chi connectivity index (χ2v) is 6.95. The summed E-state index contributed by atoms with van der Waals surface area (Å²) in [6, 6.07) is 8.03. The molecule has 2 saturated heterocycles. The van der Waals surface area contributed by atoms with Crippen LogP contribution in [0.2, 0.25) is 5.02 Å². The second-order valence-electron chi connectivity index (χ2n) is 6.51. The van der Waals surface area contributed by atoms with E-state index in [1.807, 2.05) is 17.0 Å². The first-order valence-corrected chi connectivity index (χ1v) is 9.15. The molecule has 1 amide bonds. The average molecular weight is 388 g/mol. The van der Waals surface area contributed by atoms with Gasteiger partial charge in [0.15, 0.2) is 0 Å². The number of piperazine rings is 1. The monoisotopic (exact) mass is 387 g/mol. The highest BCUT2D eigenvalue weighted by atomic mass is 35.5. The predicted octanol–water partition coefficient (Wildman–Crippen LogP) is 2.18. The Labute approximate surface area is 160 Å². The first-order chi connectivity index (χ1) is 11.7. The van der Waals surface area contributed by atoms with Gasteiger partial charge in [-0.25, -0.2) is 0 Å². The summed E-state index contributed by atoms with van der Waals surface area (Å²) in [5.74, 6) is 0.238. The zero-order chi connectivity index (χ0) is 16.8. The molecule has 1 aromatic carbocycles. The van der Waals surface area contributed by atoms with Crippen LogP contribution in [0.3, 0.4) is 0 Å². The second kappa shape index (κ2) is 9.74. The largest absolute Gasteiger partial charge is 0.381 e. The van der Waals surface area contributed by atoms with Crippen LogP contribution in [-0.2, 0) is 15.1 Å². The fourth-order valence-electron chi connectivity index (χ4n) is 3.54. The SMILES string of the molecule is Cl.O=C(CCNC1(c2ccc(Cl)cc2)CCOCC1)N1CCNCC1. The van der Waals surface area contributed by atoms with E-state index in [0.29, 0.717) is 13.0 Å². The highest BCUT2D eigenvalue weighted by Crippen LogP contribution is 2.32. The zero-order valence-electron chi connectivity index (χ0n) is 14.4. The number of nitrogens with zero attached hydrogens (tertiary/aromatic N) is 1. The minimum absolute atomic E-state index is 0. The van der Waals surface area contributed by atoms with E-state index in [0.717, 1.165) is 57.3 Å². The van der Waals surface area contributed by atoms with Crippen molar-refractivity contribution in [2.75, 3.05) is 45.9 Å². The van der Waals surface area contributed by atoms with Crippen molar-refractivity contribution in [1.82, 2.24) is 15.5 Å². The van der Waals surface area contributed by atoms with E-state index in [9.17, 15) is 4.79 Å². The normalized spacial score (nSPS) is 20.0. The van der Waals surface area contributed by atoms with Gasteiger partial charge in [0.2, 0.25) is 5.91 Å². The summed E-state index contributed by atoms with van der Waals surface area (Å²) in [6.45, 7) is 5.58. The van der Waals surface area contributed by atoms with Crippen LogP contribution in [0.1, 0.15) is 24.8 Å². The standard InChI is InChI=1S/C18H26ClN3O2.ClH/c19-16-3-1-15(2-4-16)18(6-13-24-14-7-18)21-8-5-17(23)22-11-9-20-10-12-22;/h1-4,20-21H,5-14H2;1H. The van der Waals surface area contributed by atoms with Crippen LogP contribution in [0.5, 0.6) is 0 Å². The molecular formula is C18H27Cl2N3O2. The maximum absolute atomic E-state index is 12.3. The van der Waals surface area contributed by atoms with Crippen molar-refractivity contribution in [3.8, 4) is 0 Å². The summed E-state index contributed by atoms with van der Waals surface area (Å²) in [6.07, 6.45) is 2.36. The van der Waals surface area contributed by atoms with E-state index >= 15 is 0 Å². The van der Waals surface area contributed by atoms with E-state index in [1.165, 1.54) is 5.56 Å². The summed E-state index contributed by atoms with van der Waals surface area (Å²) in [4.78, 5) is 14.3. The maximum Gasteiger partial charge on any atom is 0.223 e. The fraction of sp³-hybridized carbons (Fsp3) is 0.611. The molecule has 0 spiro atoms. The molecule has 0 radical (unpaired) electrons. The lowest BCUT2D eigenvalue weighted by atomic mass is 9.82. The average Bonchev–Trinajstić information content (AvgIpc) is 2.63. The van der Waals surface area contributed by atoms with Crippen LogP contribution in [0, 0.1) is 0 Å². The molecule has 5 nitrogen and oxygen atoms in total. The molecule has 3 rings (SSSR count). The van der Waals surface area contributed by atoms with Gasteiger partial charge >= 0.3 is 0 Å². The molecule has 2 fully saturated rings. The number of rotatable bonds is 5. The van der Waals surface area contributed by atoms with Gasteiger partial charge in [-0.15, -0.1) is 12.4 Å². The Morgan fingerprint density at radius 3 is 2.48 bits per heavy atom. The van der Waals surface area contributed by atoms with E-state index in [-0.39, 0.29) is 23.9 Å². The van der Waals surface area contributed by atoms with Crippen molar-refractivity contribution in [3.05, 3.63) is 34.9 Å². The molecule has 25 heavy (non-hydrogen) atoms. The van der Waals surface area contributed by atoms with Gasteiger partial charge < -0.3 is 20.3 Å². The van der Waals surface area contributed by atoms with Crippen molar-refractivity contribution < 1.29 is 9.53 Å². The summed E-state index contributed by atoms with van der Waals surface area (Å²) in [5.41, 5.74) is 1.11. The summed E-state index contributed by atoms with van der Waals surface area (Å²) in [5, 5.41) is 7.68. The number of carbonyl (C=O) groups is 1. The Hall–Kier alpha value is -0.850. The number of carbonyl (C=O) groups excluding carboxylic acids is 1. The lowest BCUT2D eigenvalue weighted by molar-refractivity contribution is -0.131. The topological polar surface area (TPSA) is 53.6 Å². The number of halogens is 2. The van der Waals surface area contributed by atoms with Crippen molar-refractivity contribution in [2.24, 2.45) is 0 Å². The number of hydrogen-bond acceptors (Lipinski definition) is 4. The Balaban J connectivity index is 0.00000225. The van der Waals surface area contributed by atoms with Crippen molar-refractivity contribution in [1.29, 1.82) is 0 Å². The first kappa shape index (κ1) is 20.5. The summed E-state index contributed by atoms with van der Waals surface area (Å²) < 4.78 is 5.54. The highest BCUT2D eigenvalue weighted by Gasteiger charge is 2.34. The fourth-order valence-corrected chi connectivity index (χ4v) is 3.66. The molecule has 0 aromatic heterocycles. The van der Waals surface area contributed by atoms with Crippen LogP contribution < -0.4 is 10.6 Å². The molecule has 1 aromatic rings. The minimum Gasteiger partial charge on any atom is -0.381 e. The Morgan fingerprint density at radius 1 is 1.20 bits per heavy atom. The Bertz CT molecular complexity index is 542. The van der Waals surface area contributed by atoms with Crippen LogP contribution >= 0.6 is 24.0 Å². The van der Waals surface area contributed by atoms with Gasteiger partial charge in [-0.1, -0.05) is 23.7 Å².